The van der Waals surface area contributed by atoms with Crippen LogP contribution in [0.25, 0.3) is 22.0 Å². The molecule has 0 saturated heterocycles. The molecule has 3 aromatic carbocycles. The molecule has 0 aliphatic rings. The van der Waals surface area contributed by atoms with Crippen LogP contribution in [0.15, 0.2) is 71.6 Å². The standard InChI is InChI=1S/C26H26N4O2S/c1-16-13-20-22(18-7-5-4-6-8-18)24(30-23(20)21(14-16)29-26(32)27-2)25(31)28-15-17-9-11-19(33-3)12-10-17/h4-14,30H,15H2,1-3H3,(H,28,31)(H2,27,29,32). The minimum absolute atomic E-state index is 0.206. The highest BCUT2D eigenvalue weighted by Gasteiger charge is 2.21. The monoisotopic (exact) mass is 458 g/mol. The van der Waals surface area contributed by atoms with Crippen molar-refractivity contribution in [1.82, 2.24) is 15.6 Å². The number of urea groups is 1. The summed E-state index contributed by atoms with van der Waals surface area (Å²) in [6.45, 7) is 2.38. The molecule has 0 unspecified atom stereocenters. The number of aryl methyl sites for hydroxylation is 1. The van der Waals surface area contributed by atoms with Gasteiger partial charge in [-0.25, -0.2) is 4.79 Å². The molecule has 0 bridgehead atoms. The molecule has 4 rings (SSSR count). The van der Waals surface area contributed by atoms with E-state index in [0.29, 0.717) is 23.4 Å². The van der Waals surface area contributed by atoms with Gasteiger partial charge >= 0.3 is 6.03 Å². The van der Waals surface area contributed by atoms with Crippen molar-refractivity contribution in [3.05, 3.63) is 83.6 Å². The molecular formula is C26H26N4O2S. The van der Waals surface area contributed by atoms with Crippen molar-refractivity contribution in [3.63, 3.8) is 0 Å². The van der Waals surface area contributed by atoms with Gasteiger partial charge in [0.1, 0.15) is 5.69 Å². The van der Waals surface area contributed by atoms with Crippen LogP contribution < -0.4 is 16.0 Å². The molecule has 0 fully saturated rings. The number of hydrogen-bond acceptors (Lipinski definition) is 3. The normalized spacial score (nSPS) is 10.8. The van der Waals surface area contributed by atoms with E-state index in [9.17, 15) is 9.59 Å². The van der Waals surface area contributed by atoms with E-state index in [1.54, 1.807) is 18.8 Å². The Morgan fingerprint density at radius 2 is 1.73 bits per heavy atom. The second-order valence-electron chi connectivity index (χ2n) is 7.71. The summed E-state index contributed by atoms with van der Waals surface area (Å²) < 4.78 is 0. The summed E-state index contributed by atoms with van der Waals surface area (Å²) in [4.78, 5) is 29.8. The fourth-order valence-corrected chi connectivity index (χ4v) is 4.22. The first-order valence-electron chi connectivity index (χ1n) is 10.6. The summed E-state index contributed by atoms with van der Waals surface area (Å²) in [7, 11) is 1.57. The Kier molecular flexibility index (Phi) is 6.70. The van der Waals surface area contributed by atoms with E-state index in [1.807, 2.05) is 79.9 Å². The molecule has 168 valence electrons. The molecular weight excluding hydrogens is 432 g/mol. The molecule has 0 aliphatic heterocycles. The summed E-state index contributed by atoms with van der Waals surface area (Å²) in [5.41, 5.74) is 5.52. The van der Waals surface area contributed by atoms with Crippen LogP contribution in [0.3, 0.4) is 0 Å². The van der Waals surface area contributed by atoms with Gasteiger partial charge in [-0.15, -0.1) is 11.8 Å². The van der Waals surface area contributed by atoms with Gasteiger partial charge in [0.15, 0.2) is 0 Å². The van der Waals surface area contributed by atoms with E-state index in [2.05, 4.69) is 20.9 Å². The van der Waals surface area contributed by atoms with Gasteiger partial charge < -0.3 is 20.9 Å². The number of nitrogens with one attached hydrogen (secondary N) is 4. The van der Waals surface area contributed by atoms with E-state index < -0.39 is 0 Å². The maximum Gasteiger partial charge on any atom is 0.319 e. The third-order valence-corrected chi connectivity index (χ3v) is 6.17. The molecule has 0 spiro atoms. The van der Waals surface area contributed by atoms with Crippen LogP contribution in [0.5, 0.6) is 0 Å². The number of benzene rings is 3. The van der Waals surface area contributed by atoms with Crippen LogP contribution in [0.1, 0.15) is 21.6 Å². The molecule has 0 atom stereocenters. The average Bonchev–Trinajstić information content (AvgIpc) is 3.23. The second kappa shape index (κ2) is 9.83. The number of fused-ring (bicyclic) bond motifs is 1. The first-order chi connectivity index (χ1) is 16.0. The van der Waals surface area contributed by atoms with Crippen molar-refractivity contribution >= 4 is 40.3 Å². The van der Waals surface area contributed by atoms with Crippen molar-refractivity contribution < 1.29 is 9.59 Å². The van der Waals surface area contributed by atoms with Crippen molar-refractivity contribution in [3.8, 4) is 11.1 Å². The van der Waals surface area contributed by atoms with Gasteiger partial charge in [0.05, 0.1) is 11.2 Å². The summed E-state index contributed by atoms with van der Waals surface area (Å²) >= 11 is 1.68. The SMILES string of the molecule is CNC(=O)Nc1cc(C)cc2c(-c3ccccc3)c(C(=O)NCc3ccc(SC)cc3)[nH]c12. The number of hydrogen-bond donors (Lipinski definition) is 4. The van der Waals surface area contributed by atoms with E-state index in [1.165, 1.54) is 4.90 Å². The van der Waals surface area contributed by atoms with Crippen molar-refractivity contribution in [2.24, 2.45) is 0 Å². The molecule has 33 heavy (non-hydrogen) atoms. The van der Waals surface area contributed by atoms with Gasteiger partial charge in [-0.3, -0.25) is 4.79 Å². The fraction of sp³-hybridized carbons (Fsp3) is 0.154. The molecule has 3 amide bonds. The van der Waals surface area contributed by atoms with E-state index in [4.69, 9.17) is 0 Å². The molecule has 1 heterocycles. The number of aromatic amines is 1. The molecule has 6 nitrogen and oxygen atoms in total. The molecule has 0 saturated carbocycles. The Balaban J connectivity index is 1.76. The Bertz CT molecular complexity index is 1300. The van der Waals surface area contributed by atoms with Crippen molar-refractivity contribution in [1.29, 1.82) is 0 Å². The molecule has 1 aromatic heterocycles. The molecule has 4 aromatic rings. The maximum atomic E-state index is 13.3. The predicted octanol–water partition coefficient (Wildman–Crippen LogP) is 5.55. The van der Waals surface area contributed by atoms with E-state index in [0.717, 1.165) is 27.6 Å². The highest BCUT2D eigenvalue weighted by Crippen LogP contribution is 2.36. The zero-order valence-corrected chi connectivity index (χ0v) is 19.6. The minimum Gasteiger partial charge on any atom is -0.348 e. The van der Waals surface area contributed by atoms with E-state index >= 15 is 0 Å². The second-order valence-corrected chi connectivity index (χ2v) is 8.59. The summed E-state index contributed by atoms with van der Waals surface area (Å²) in [5.74, 6) is -0.206. The first kappa shape index (κ1) is 22.5. The lowest BCUT2D eigenvalue weighted by atomic mass is 10.00. The fourth-order valence-electron chi connectivity index (χ4n) is 3.81. The smallest absolute Gasteiger partial charge is 0.319 e. The molecule has 0 radical (unpaired) electrons. The number of amides is 3. The van der Waals surface area contributed by atoms with Crippen LogP contribution in [0, 0.1) is 6.92 Å². The number of anilines is 1. The maximum absolute atomic E-state index is 13.3. The summed E-state index contributed by atoms with van der Waals surface area (Å²) in [6.07, 6.45) is 2.03. The topological polar surface area (TPSA) is 86.0 Å². The first-order valence-corrected chi connectivity index (χ1v) is 11.8. The quantitative estimate of drug-likeness (QED) is 0.286. The predicted molar refractivity (Wildman–Crippen MR) is 136 cm³/mol. The molecule has 0 aliphatic carbocycles. The number of thioether (sulfide) groups is 1. The van der Waals surface area contributed by atoms with Crippen LogP contribution in [-0.2, 0) is 6.54 Å². The van der Waals surface area contributed by atoms with Crippen LogP contribution >= 0.6 is 11.8 Å². The van der Waals surface area contributed by atoms with E-state index in [-0.39, 0.29) is 11.9 Å². The third kappa shape index (κ3) is 4.88. The third-order valence-electron chi connectivity index (χ3n) is 5.43. The van der Waals surface area contributed by atoms with Crippen LogP contribution in [0.4, 0.5) is 10.5 Å². The number of aromatic nitrogens is 1. The summed E-state index contributed by atoms with van der Waals surface area (Å²) in [5, 5.41) is 9.35. The van der Waals surface area contributed by atoms with Gasteiger partial charge in [0.25, 0.3) is 5.91 Å². The number of rotatable bonds is 6. The Morgan fingerprint density at radius 1 is 1.00 bits per heavy atom. The minimum atomic E-state index is -0.322. The van der Waals surface area contributed by atoms with Gasteiger partial charge in [-0.05, 0) is 54.1 Å². The number of carbonyl (C=O) groups excluding carboxylic acids is 2. The van der Waals surface area contributed by atoms with Gasteiger partial charge in [0, 0.05) is 29.4 Å². The van der Waals surface area contributed by atoms with Gasteiger partial charge in [-0.2, -0.15) is 0 Å². The van der Waals surface area contributed by atoms with Gasteiger partial charge in [0.2, 0.25) is 0 Å². The Hall–Kier alpha value is -3.71. The zero-order valence-electron chi connectivity index (χ0n) is 18.8. The number of carbonyl (C=O) groups is 2. The molecule has 7 heteroatoms. The largest absolute Gasteiger partial charge is 0.348 e. The molecule has 4 N–H and O–H groups in total. The van der Waals surface area contributed by atoms with Crippen LogP contribution in [-0.4, -0.2) is 30.2 Å². The highest BCUT2D eigenvalue weighted by molar-refractivity contribution is 7.98. The van der Waals surface area contributed by atoms with Crippen molar-refractivity contribution in [2.45, 2.75) is 18.4 Å². The average molecular weight is 459 g/mol. The Morgan fingerprint density at radius 3 is 2.39 bits per heavy atom. The van der Waals surface area contributed by atoms with Gasteiger partial charge in [-0.1, -0.05) is 42.5 Å². The summed E-state index contributed by atoms with van der Waals surface area (Å²) in [6, 6.07) is 21.5. The lowest BCUT2D eigenvalue weighted by Gasteiger charge is -2.08. The highest BCUT2D eigenvalue weighted by atomic mass is 32.2. The zero-order chi connectivity index (χ0) is 23.4. The Labute approximate surface area is 197 Å². The van der Waals surface area contributed by atoms with Crippen molar-refractivity contribution in [2.75, 3.05) is 18.6 Å². The lowest BCUT2D eigenvalue weighted by Crippen LogP contribution is -2.24. The number of H-pyrrole nitrogens is 1. The van der Waals surface area contributed by atoms with Crippen LogP contribution in [0.2, 0.25) is 0 Å². The lowest BCUT2D eigenvalue weighted by molar-refractivity contribution is 0.0947.